The first-order valence-corrected chi connectivity index (χ1v) is 14.7. The van der Waals surface area contributed by atoms with Gasteiger partial charge in [-0.05, 0) is 73.5 Å². The summed E-state index contributed by atoms with van der Waals surface area (Å²) in [4.78, 5) is 25.8. The van der Waals surface area contributed by atoms with Gasteiger partial charge in [0.05, 0.1) is 21.6 Å². The molecule has 0 bridgehead atoms. The number of benzene rings is 3. The van der Waals surface area contributed by atoms with E-state index in [0.29, 0.717) is 59.2 Å². The molecule has 0 radical (unpaired) electrons. The van der Waals surface area contributed by atoms with E-state index < -0.39 is 21.8 Å². The van der Waals surface area contributed by atoms with Gasteiger partial charge in [0.25, 0.3) is 27.1 Å². The SMILES string of the molecule is O=C1c2ccccc2C(=O)N1CCCCSc1nnc(-c2ccc(NS(=O)(=O)c3ccc(C(F)(F)F)cc3)cc2)o1. The van der Waals surface area contributed by atoms with E-state index in [1.54, 1.807) is 36.4 Å². The van der Waals surface area contributed by atoms with Crippen molar-refractivity contribution in [1.82, 2.24) is 15.1 Å². The minimum atomic E-state index is -4.57. The van der Waals surface area contributed by atoms with Crippen LogP contribution in [0.1, 0.15) is 39.1 Å². The normalized spacial score (nSPS) is 13.5. The lowest BCUT2D eigenvalue weighted by atomic mass is 10.1. The first kappa shape index (κ1) is 28.4. The van der Waals surface area contributed by atoms with E-state index in [1.165, 1.54) is 28.8 Å². The van der Waals surface area contributed by atoms with Crippen LogP contribution in [0.3, 0.4) is 0 Å². The first-order chi connectivity index (χ1) is 19.5. The molecule has 4 aromatic rings. The quantitative estimate of drug-likeness (QED) is 0.139. The summed E-state index contributed by atoms with van der Waals surface area (Å²) in [6, 6.07) is 16.0. The highest BCUT2D eigenvalue weighted by Gasteiger charge is 2.34. The molecule has 0 fully saturated rings. The van der Waals surface area contributed by atoms with Crippen LogP contribution >= 0.6 is 11.8 Å². The topological polar surface area (TPSA) is 122 Å². The number of anilines is 1. The maximum atomic E-state index is 12.7. The number of nitrogens with one attached hydrogen (secondary N) is 1. The summed E-state index contributed by atoms with van der Waals surface area (Å²) < 4.78 is 71.3. The molecule has 0 saturated carbocycles. The van der Waals surface area contributed by atoms with Crippen molar-refractivity contribution in [1.29, 1.82) is 0 Å². The summed E-state index contributed by atoms with van der Waals surface area (Å²) in [7, 11) is -4.10. The van der Waals surface area contributed by atoms with Gasteiger partial charge in [-0.1, -0.05) is 23.9 Å². The first-order valence-electron chi connectivity index (χ1n) is 12.2. The number of hydrogen-bond donors (Lipinski definition) is 1. The van der Waals surface area contributed by atoms with Crippen LogP contribution in [0.15, 0.2) is 87.3 Å². The highest BCUT2D eigenvalue weighted by molar-refractivity contribution is 7.99. The molecule has 0 aliphatic carbocycles. The molecule has 0 atom stereocenters. The van der Waals surface area contributed by atoms with Crippen molar-refractivity contribution in [3.05, 3.63) is 89.5 Å². The number of thioether (sulfide) groups is 1. The Balaban J connectivity index is 1.10. The van der Waals surface area contributed by atoms with Gasteiger partial charge in [0.2, 0.25) is 5.89 Å². The highest BCUT2D eigenvalue weighted by Crippen LogP contribution is 2.30. The molecule has 212 valence electrons. The smallest absolute Gasteiger partial charge is 0.411 e. The Labute approximate surface area is 236 Å². The van der Waals surface area contributed by atoms with Crippen LogP contribution in [0.4, 0.5) is 18.9 Å². The van der Waals surface area contributed by atoms with Crippen molar-refractivity contribution in [2.45, 2.75) is 29.1 Å². The fourth-order valence-corrected chi connectivity index (χ4v) is 5.89. The summed E-state index contributed by atoms with van der Waals surface area (Å²) in [5.41, 5.74) is 0.636. The summed E-state index contributed by atoms with van der Waals surface area (Å²) in [5, 5.41) is 8.33. The monoisotopic (exact) mass is 602 g/mol. The number of sulfonamides is 1. The summed E-state index contributed by atoms with van der Waals surface area (Å²) in [6.45, 7) is 0.316. The van der Waals surface area contributed by atoms with Crippen LogP contribution < -0.4 is 4.72 Å². The van der Waals surface area contributed by atoms with Crippen molar-refractivity contribution >= 4 is 39.3 Å². The molecule has 1 aliphatic heterocycles. The van der Waals surface area contributed by atoms with Crippen LogP contribution in [-0.2, 0) is 16.2 Å². The lowest BCUT2D eigenvalue weighted by Gasteiger charge is -2.13. The second-order valence-electron chi connectivity index (χ2n) is 8.94. The van der Waals surface area contributed by atoms with E-state index in [2.05, 4.69) is 14.9 Å². The van der Waals surface area contributed by atoms with Gasteiger partial charge in [0, 0.05) is 23.5 Å². The van der Waals surface area contributed by atoms with Gasteiger partial charge >= 0.3 is 6.18 Å². The zero-order valence-electron chi connectivity index (χ0n) is 21.1. The molecule has 0 spiro atoms. The number of amides is 2. The zero-order chi connectivity index (χ0) is 29.2. The summed E-state index contributed by atoms with van der Waals surface area (Å²) in [6.07, 6.45) is -3.25. The Morgan fingerprint density at radius 3 is 2.10 bits per heavy atom. The molecular weight excluding hydrogens is 581 g/mol. The predicted molar refractivity (Wildman–Crippen MR) is 144 cm³/mol. The summed E-state index contributed by atoms with van der Waals surface area (Å²) in [5.74, 6) is 0.280. The summed E-state index contributed by atoms with van der Waals surface area (Å²) >= 11 is 1.33. The Morgan fingerprint density at radius 2 is 1.49 bits per heavy atom. The predicted octanol–water partition coefficient (Wildman–Crippen LogP) is 5.72. The van der Waals surface area contributed by atoms with Gasteiger partial charge < -0.3 is 4.42 Å². The van der Waals surface area contributed by atoms with E-state index in [1.807, 2.05) is 0 Å². The molecule has 5 rings (SSSR count). The van der Waals surface area contributed by atoms with Crippen LogP contribution in [0.5, 0.6) is 0 Å². The lowest BCUT2D eigenvalue weighted by molar-refractivity contribution is -0.137. The third kappa shape index (κ3) is 6.28. The van der Waals surface area contributed by atoms with Crippen LogP contribution in [-0.4, -0.2) is 47.6 Å². The maximum Gasteiger partial charge on any atom is 0.416 e. The van der Waals surface area contributed by atoms with Gasteiger partial charge in [0.15, 0.2) is 0 Å². The van der Waals surface area contributed by atoms with Crippen LogP contribution in [0.2, 0.25) is 0 Å². The number of halogens is 3. The van der Waals surface area contributed by atoms with Crippen molar-refractivity contribution in [3.63, 3.8) is 0 Å². The number of hydrogen-bond acceptors (Lipinski definition) is 8. The number of alkyl halides is 3. The average molecular weight is 603 g/mol. The molecule has 2 heterocycles. The molecule has 0 saturated heterocycles. The van der Waals surface area contributed by atoms with E-state index in [-0.39, 0.29) is 28.3 Å². The molecular formula is C27H21F3N4O5S2. The number of aromatic nitrogens is 2. The van der Waals surface area contributed by atoms with Gasteiger partial charge in [-0.25, -0.2) is 8.42 Å². The van der Waals surface area contributed by atoms with Gasteiger partial charge in [-0.15, -0.1) is 10.2 Å². The molecule has 14 heteroatoms. The van der Waals surface area contributed by atoms with E-state index >= 15 is 0 Å². The number of imide groups is 1. The highest BCUT2D eigenvalue weighted by atomic mass is 32.2. The second kappa shape index (κ2) is 11.4. The third-order valence-electron chi connectivity index (χ3n) is 6.16. The maximum absolute atomic E-state index is 12.7. The van der Waals surface area contributed by atoms with Crippen molar-refractivity contribution in [3.8, 4) is 11.5 Å². The number of fused-ring (bicyclic) bond motifs is 1. The molecule has 41 heavy (non-hydrogen) atoms. The molecule has 9 nitrogen and oxygen atoms in total. The third-order valence-corrected chi connectivity index (χ3v) is 8.46. The van der Waals surface area contributed by atoms with Gasteiger partial charge in [0.1, 0.15) is 0 Å². The second-order valence-corrected chi connectivity index (χ2v) is 11.7. The van der Waals surface area contributed by atoms with Crippen LogP contribution in [0.25, 0.3) is 11.5 Å². The van der Waals surface area contributed by atoms with Crippen molar-refractivity contribution < 1.29 is 35.6 Å². The van der Waals surface area contributed by atoms with Crippen LogP contribution in [0, 0.1) is 0 Å². The minimum Gasteiger partial charge on any atom is -0.411 e. The Morgan fingerprint density at radius 1 is 0.854 bits per heavy atom. The van der Waals surface area contributed by atoms with Gasteiger partial charge in [-0.2, -0.15) is 13.2 Å². The lowest BCUT2D eigenvalue weighted by Crippen LogP contribution is -2.30. The van der Waals surface area contributed by atoms with Crippen molar-refractivity contribution in [2.24, 2.45) is 0 Å². The standard InChI is InChI=1S/C27H21F3N4O5S2/c28-27(29,30)18-9-13-20(14-10-18)41(37,38)33-19-11-7-17(8-12-19)23-31-32-26(39-23)40-16-4-3-15-34-24(35)21-5-1-2-6-22(21)25(34)36/h1-2,5-14,33H,3-4,15-16H2. The molecule has 3 aromatic carbocycles. The van der Waals surface area contributed by atoms with E-state index in [9.17, 15) is 31.2 Å². The average Bonchev–Trinajstić information content (AvgIpc) is 3.51. The molecule has 1 aromatic heterocycles. The van der Waals surface area contributed by atoms with Crippen molar-refractivity contribution in [2.75, 3.05) is 17.0 Å². The number of carbonyl (C=O) groups is 2. The van der Waals surface area contributed by atoms with E-state index in [0.717, 1.165) is 12.1 Å². The Hall–Kier alpha value is -4.17. The number of rotatable bonds is 10. The number of nitrogens with zero attached hydrogens (tertiary/aromatic N) is 3. The Bertz CT molecular complexity index is 1650. The largest absolute Gasteiger partial charge is 0.416 e. The number of unbranched alkanes of at least 4 members (excludes halogenated alkanes) is 1. The number of carbonyl (C=O) groups excluding carboxylic acids is 2. The molecule has 2 amide bonds. The molecule has 0 unspecified atom stereocenters. The minimum absolute atomic E-state index is 0.195. The van der Waals surface area contributed by atoms with E-state index in [4.69, 9.17) is 4.42 Å². The zero-order valence-corrected chi connectivity index (χ0v) is 22.7. The molecule has 1 N–H and O–H groups in total. The van der Waals surface area contributed by atoms with Gasteiger partial charge in [-0.3, -0.25) is 19.2 Å². The fourth-order valence-electron chi connectivity index (χ4n) is 4.08. The fraction of sp³-hybridized carbons (Fsp3) is 0.185. The molecule has 1 aliphatic rings. The Kier molecular flexibility index (Phi) is 7.87.